The molecule has 20 nitrogen and oxygen atoms in total. The molecule has 0 aromatic carbocycles. The number of phosphoric ester groups is 1. The molecule has 4 aromatic heterocycles. The van der Waals surface area contributed by atoms with Crippen LogP contribution in [0.4, 0.5) is 16.2 Å². The highest BCUT2D eigenvalue weighted by Crippen LogP contribution is 2.50. The number of hydrogen-bond acceptors (Lipinski definition) is 16. The number of hydrogen-bond donors (Lipinski definition) is 7. The van der Waals surface area contributed by atoms with E-state index in [1.54, 1.807) is 0 Å². The number of nitrogen functional groups attached to an aromatic ring is 2. The average Bonchev–Trinajstić information content (AvgIpc) is 3.69. The second-order valence-electron chi connectivity index (χ2n) is 9.43. The lowest BCUT2D eigenvalue weighted by atomic mass is 10.1. The molecule has 226 valence electrons. The zero-order valence-electron chi connectivity index (χ0n) is 21.1. The molecule has 42 heavy (non-hydrogen) atoms. The Morgan fingerprint density at radius 1 is 1.02 bits per heavy atom. The number of halogens is 1. The molecule has 9 atom stereocenters. The first kappa shape index (κ1) is 28.5. The number of fused-ring (bicyclic) bond motifs is 2. The summed E-state index contributed by atoms with van der Waals surface area (Å²) in [4.78, 5) is 44.4. The van der Waals surface area contributed by atoms with Crippen molar-refractivity contribution >= 4 is 41.9 Å². The van der Waals surface area contributed by atoms with Gasteiger partial charge in [-0.3, -0.25) is 28.0 Å². The molecule has 22 heteroatoms. The van der Waals surface area contributed by atoms with Crippen molar-refractivity contribution in [2.24, 2.45) is 0 Å². The van der Waals surface area contributed by atoms with Crippen LogP contribution >= 0.6 is 7.82 Å². The van der Waals surface area contributed by atoms with Gasteiger partial charge in [0, 0.05) is 0 Å². The van der Waals surface area contributed by atoms with Gasteiger partial charge in [0.05, 0.1) is 25.9 Å². The van der Waals surface area contributed by atoms with Crippen LogP contribution in [0.1, 0.15) is 12.5 Å². The number of aliphatic hydroxyl groups is 3. The number of aromatic amines is 1. The average molecular weight is 614 g/mol. The predicted octanol–water partition coefficient (Wildman–Crippen LogP) is -2.53. The Morgan fingerprint density at radius 3 is 2.45 bits per heavy atom. The summed E-state index contributed by atoms with van der Waals surface area (Å²) in [5.74, 6) is -0.199. The summed E-state index contributed by atoms with van der Waals surface area (Å²) in [6.45, 7) is -1.59. The van der Waals surface area contributed by atoms with Gasteiger partial charge in [0.15, 0.2) is 41.3 Å². The van der Waals surface area contributed by atoms with Crippen LogP contribution < -0.4 is 17.0 Å². The van der Waals surface area contributed by atoms with Crippen LogP contribution in [0, 0.1) is 0 Å². The molecular formula is C20H24FN10O10P. The molecular weight excluding hydrogens is 590 g/mol. The number of ether oxygens (including phenoxy) is 2. The maximum absolute atomic E-state index is 15.5. The van der Waals surface area contributed by atoms with Crippen molar-refractivity contribution in [1.29, 1.82) is 0 Å². The van der Waals surface area contributed by atoms with E-state index in [9.17, 15) is 29.6 Å². The Labute approximate surface area is 232 Å². The molecule has 6 rings (SSSR count). The Morgan fingerprint density at radius 2 is 1.71 bits per heavy atom. The number of nitrogens with one attached hydrogen (secondary N) is 1. The van der Waals surface area contributed by atoms with Crippen molar-refractivity contribution in [2.45, 2.75) is 49.1 Å². The lowest BCUT2D eigenvalue weighted by Gasteiger charge is -2.22. The van der Waals surface area contributed by atoms with Crippen molar-refractivity contribution in [1.82, 2.24) is 39.0 Å². The molecule has 0 radical (unpaired) electrons. The van der Waals surface area contributed by atoms with E-state index in [2.05, 4.69) is 29.9 Å². The number of nitrogens with zero attached hydrogens (tertiary/aromatic N) is 7. The molecule has 2 saturated heterocycles. The number of imidazole rings is 2. The number of alkyl halides is 1. The Balaban J connectivity index is 1.14. The third kappa shape index (κ3) is 4.79. The van der Waals surface area contributed by atoms with Crippen LogP contribution in [0.3, 0.4) is 0 Å². The molecule has 0 saturated carbocycles. The zero-order valence-corrected chi connectivity index (χ0v) is 22.0. The Kier molecular flexibility index (Phi) is 7.15. The molecule has 2 aliphatic heterocycles. The Hall–Kier alpha value is -3.66. The molecule has 9 unspecified atom stereocenters. The molecule has 2 aliphatic rings. The van der Waals surface area contributed by atoms with Gasteiger partial charge >= 0.3 is 7.82 Å². The van der Waals surface area contributed by atoms with E-state index < -0.39 is 75.7 Å². The van der Waals surface area contributed by atoms with Crippen molar-refractivity contribution in [3.8, 4) is 0 Å². The van der Waals surface area contributed by atoms with Crippen molar-refractivity contribution in [3.63, 3.8) is 0 Å². The van der Waals surface area contributed by atoms with Crippen LogP contribution in [0.15, 0.2) is 23.8 Å². The van der Waals surface area contributed by atoms with Crippen LogP contribution in [0.25, 0.3) is 22.3 Å². The van der Waals surface area contributed by atoms with Crippen LogP contribution in [0.2, 0.25) is 0 Å². The van der Waals surface area contributed by atoms with Gasteiger partial charge in [0.1, 0.15) is 42.4 Å². The SMILES string of the molecule is Nc1nc2c(ncn2C2OC(COP(=O)(O)OC3C(CO)OC(n4cnc5c(N)ncnc54)C3F)C(O)C2O)c(=O)[nH]1. The summed E-state index contributed by atoms with van der Waals surface area (Å²) < 4.78 is 51.8. The molecule has 0 bridgehead atoms. The maximum atomic E-state index is 15.5. The first-order chi connectivity index (χ1) is 20.0. The standard InChI is InChI=1S/C20H24FN10O10P/c21-8-13(6(1-32)39-18(8)30-4-26-9-14(22)24-3-25-15(9)30)41-42(36,37)38-2-7-11(33)12(34)19(40-7)31-5-27-10-16(31)28-20(23)29-17(10)35/h3-8,11-13,18-19,32-34H,1-2H2,(H,36,37)(H2,22,24,25)(H3,23,28,29,35). The summed E-state index contributed by atoms with van der Waals surface area (Å²) in [5, 5.41) is 30.8. The molecule has 4 aromatic rings. The minimum Gasteiger partial charge on any atom is -0.394 e. The zero-order chi connectivity index (χ0) is 29.9. The molecule has 0 amide bonds. The van der Waals surface area contributed by atoms with E-state index in [0.29, 0.717) is 0 Å². The van der Waals surface area contributed by atoms with Gasteiger partial charge in [-0.15, -0.1) is 0 Å². The summed E-state index contributed by atoms with van der Waals surface area (Å²) in [6.07, 6.45) is -9.31. The normalized spacial score (nSPS) is 31.3. The maximum Gasteiger partial charge on any atom is 0.472 e. The topological polar surface area (TPSA) is 294 Å². The number of phosphoric acid groups is 1. The summed E-state index contributed by atoms with van der Waals surface area (Å²) in [7, 11) is -5.09. The minimum atomic E-state index is -5.09. The highest BCUT2D eigenvalue weighted by molar-refractivity contribution is 7.47. The highest BCUT2D eigenvalue weighted by Gasteiger charge is 2.51. The van der Waals surface area contributed by atoms with Gasteiger partial charge in [-0.1, -0.05) is 0 Å². The number of H-pyrrole nitrogens is 1. The summed E-state index contributed by atoms with van der Waals surface area (Å²) >= 11 is 0. The number of nitrogens with two attached hydrogens (primary N) is 2. The molecule has 2 fully saturated rings. The van der Waals surface area contributed by atoms with E-state index in [4.69, 9.17) is 30.0 Å². The Bertz CT molecular complexity index is 1730. The fourth-order valence-corrected chi connectivity index (χ4v) is 5.78. The predicted molar refractivity (Wildman–Crippen MR) is 135 cm³/mol. The molecule has 0 aliphatic carbocycles. The second-order valence-corrected chi connectivity index (χ2v) is 10.8. The van der Waals surface area contributed by atoms with E-state index in [-0.39, 0.29) is 34.1 Å². The fraction of sp³-hybridized carbons (Fsp3) is 0.500. The third-order valence-corrected chi connectivity index (χ3v) is 7.81. The number of anilines is 2. The molecule has 0 spiro atoms. The van der Waals surface area contributed by atoms with Gasteiger partial charge in [-0.25, -0.2) is 28.9 Å². The van der Waals surface area contributed by atoms with E-state index in [0.717, 1.165) is 17.2 Å². The number of aromatic nitrogens is 8. The largest absolute Gasteiger partial charge is 0.472 e. The number of aliphatic hydroxyl groups excluding tert-OH is 3. The van der Waals surface area contributed by atoms with Crippen LogP contribution in [-0.2, 0) is 23.1 Å². The second kappa shape index (κ2) is 10.6. The van der Waals surface area contributed by atoms with Gasteiger partial charge < -0.3 is 41.2 Å². The third-order valence-electron chi connectivity index (χ3n) is 6.83. The van der Waals surface area contributed by atoms with Crippen molar-refractivity contribution in [2.75, 3.05) is 24.7 Å². The van der Waals surface area contributed by atoms with Crippen LogP contribution in [0.5, 0.6) is 0 Å². The first-order valence-corrected chi connectivity index (χ1v) is 13.7. The summed E-state index contributed by atoms with van der Waals surface area (Å²) in [5.41, 5.74) is 10.8. The fourth-order valence-electron chi connectivity index (χ4n) is 4.82. The van der Waals surface area contributed by atoms with Crippen molar-refractivity contribution in [3.05, 3.63) is 29.3 Å². The first-order valence-electron chi connectivity index (χ1n) is 12.2. The van der Waals surface area contributed by atoms with Crippen LogP contribution in [-0.4, -0.2) is 109 Å². The van der Waals surface area contributed by atoms with Gasteiger partial charge in [-0.05, 0) is 0 Å². The highest BCUT2D eigenvalue weighted by atomic mass is 31.2. The minimum absolute atomic E-state index is 0.0332. The van der Waals surface area contributed by atoms with Gasteiger partial charge in [-0.2, -0.15) is 4.98 Å². The quantitative estimate of drug-likeness (QED) is 0.101. The molecule has 9 N–H and O–H groups in total. The lowest BCUT2D eigenvalue weighted by Crippen LogP contribution is -2.35. The monoisotopic (exact) mass is 614 g/mol. The van der Waals surface area contributed by atoms with Gasteiger partial charge in [0.25, 0.3) is 5.56 Å². The van der Waals surface area contributed by atoms with Gasteiger partial charge in [0.2, 0.25) is 5.95 Å². The smallest absolute Gasteiger partial charge is 0.394 e. The summed E-state index contributed by atoms with van der Waals surface area (Å²) in [6, 6.07) is 0. The molecule has 6 heterocycles. The van der Waals surface area contributed by atoms with Crippen molar-refractivity contribution < 1.29 is 47.7 Å². The van der Waals surface area contributed by atoms with E-state index in [1.807, 2.05) is 0 Å². The lowest BCUT2D eigenvalue weighted by molar-refractivity contribution is -0.0585. The van der Waals surface area contributed by atoms with E-state index in [1.165, 1.54) is 10.9 Å². The van der Waals surface area contributed by atoms with E-state index >= 15 is 4.39 Å². The number of rotatable bonds is 8.